The Kier molecular flexibility index (Phi) is 9.25. The van der Waals surface area contributed by atoms with Gasteiger partial charge in [-0.25, -0.2) is 4.52 Å². The van der Waals surface area contributed by atoms with Crippen molar-refractivity contribution in [1.29, 1.82) is 0 Å². The van der Waals surface area contributed by atoms with E-state index in [1.807, 2.05) is 0 Å². The molecule has 0 fully saturated rings. The number of aromatic nitrogens is 3. The Balaban J connectivity index is 0.855. The molecule has 12 aromatic rings. The second-order valence-corrected chi connectivity index (χ2v) is 20.0. The molecule has 0 saturated carbocycles. The number of hydrogen-bond acceptors (Lipinski definition) is 2. The van der Waals surface area contributed by atoms with E-state index in [-0.39, 0.29) is 11.5 Å². The Bertz CT molecular complexity index is 4180. The molecule has 3 heterocycles. The maximum absolute atomic E-state index is 5.46. The summed E-state index contributed by atoms with van der Waals surface area (Å²) >= 11 is 0. The van der Waals surface area contributed by atoms with Gasteiger partial charge in [0.1, 0.15) is 0 Å². The summed E-state index contributed by atoms with van der Waals surface area (Å²) in [5.41, 5.74) is 20.4. The molecule has 4 heteroatoms. The van der Waals surface area contributed by atoms with Crippen molar-refractivity contribution >= 4 is 65.8 Å². The van der Waals surface area contributed by atoms with Gasteiger partial charge in [-0.2, -0.15) is 5.10 Å². The number of aryl methyl sites for hydroxylation is 1. The first-order valence-corrected chi connectivity index (χ1v) is 24.9. The van der Waals surface area contributed by atoms with E-state index in [1.54, 1.807) is 0 Å². The Hall–Kier alpha value is -8.73. The predicted octanol–water partition coefficient (Wildman–Crippen LogP) is 17.2. The van der Waals surface area contributed by atoms with Crippen LogP contribution in [0.2, 0.25) is 0 Å². The number of allylic oxidation sites excluding steroid dienone is 2. The summed E-state index contributed by atoms with van der Waals surface area (Å²) in [5.74, 6) is 0. The highest BCUT2D eigenvalue weighted by Gasteiger charge is 2.36. The van der Waals surface area contributed by atoms with E-state index < -0.39 is 0 Å². The SMILES string of the molecule is Cc1c(-c2ccc(N(c3ccc4c(c3)C(C)(C)c3ccccc3-4)[C@H]3C=CC(c4ccc5c(c4)c4ccccc4n5-c4ccccc4)=CC3)cc2)nn2c(-c3ccc4ccccc4c3)cc3ccccc3c12. The lowest BCUT2D eigenvalue weighted by atomic mass is 9.82. The van der Waals surface area contributed by atoms with Crippen LogP contribution in [0.5, 0.6) is 0 Å². The minimum absolute atomic E-state index is 0.0890. The monoisotopic (exact) mass is 910 g/mol. The average Bonchev–Trinajstić information content (AvgIpc) is 4.03. The maximum Gasteiger partial charge on any atom is 0.0963 e. The van der Waals surface area contributed by atoms with Gasteiger partial charge >= 0.3 is 0 Å². The molecule has 0 unspecified atom stereocenters. The Morgan fingerprint density at radius 2 is 1.20 bits per heavy atom. The van der Waals surface area contributed by atoms with Gasteiger partial charge < -0.3 is 9.47 Å². The molecule has 71 heavy (non-hydrogen) atoms. The molecule has 0 N–H and O–H groups in total. The van der Waals surface area contributed by atoms with E-state index in [0.717, 1.165) is 40.1 Å². The maximum atomic E-state index is 5.46. The third-order valence-electron chi connectivity index (χ3n) is 15.6. The second kappa shape index (κ2) is 15.9. The lowest BCUT2D eigenvalue weighted by molar-refractivity contribution is 0.659. The van der Waals surface area contributed by atoms with Crippen molar-refractivity contribution in [3.63, 3.8) is 0 Å². The number of pyridine rings is 1. The predicted molar refractivity (Wildman–Crippen MR) is 298 cm³/mol. The van der Waals surface area contributed by atoms with Crippen LogP contribution < -0.4 is 4.90 Å². The summed E-state index contributed by atoms with van der Waals surface area (Å²) in [5, 5.41) is 12.8. The standard InChI is InChI=1S/C67H50N4/c1-43-65(68-71-64(41-49-17-9-10-20-55(49)66(43)71)50-26-25-44-15-7-8-16-47(44)39-50)46-29-34-53(35-30-46)69(54-36-37-57-56-21-11-13-23-60(56)67(2,3)61(57)42-54)52-32-27-45(28-33-52)48-31-38-63-59(40-48)58-22-12-14-24-62(58)70(63)51-18-5-4-6-19-51/h4-32,34-42,52H,33H2,1-3H3/t52-/m0/s1. The molecule has 0 amide bonds. The zero-order valence-corrected chi connectivity index (χ0v) is 40.0. The summed E-state index contributed by atoms with van der Waals surface area (Å²) in [6, 6.07) is 78.1. The molecule has 9 aromatic carbocycles. The van der Waals surface area contributed by atoms with E-state index in [1.165, 1.54) is 93.7 Å². The zero-order chi connectivity index (χ0) is 47.4. The van der Waals surface area contributed by atoms with Crippen molar-refractivity contribution in [3.8, 4) is 39.3 Å². The Morgan fingerprint density at radius 1 is 0.521 bits per heavy atom. The Morgan fingerprint density at radius 3 is 2.03 bits per heavy atom. The van der Waals surface area contributed by atoms with Gasteiger partial charge in [0.05, 0.1) is 34.0 Å². The van der Waals surface area contributed by atoms with Crippen LogP contribution in [-0.2, 0) is 5.41 Å². The third-order valence-corrected chi connectivity index (χ3v) is 15.6. The number of benzene rings is 9. The number of nitrogens with zero attached hydrogens (tertiary/aromatic N) is 4. The first-order valence-electron chi connectivity index (χ1n) is 24.9. The minimum atomic E-state index is -0.119. The molecule has 0 bridgehead atoms. The average molecular weight is 911 g/mol. The van der Waals surface area contributed by atoms with Crippen LogP contribution in [0.3, 0.4) is 0 Å². The van der Waals surface area contributed by atoms with Crippen LogP contribution in [-0.4, -0.2) is 20.2 Å². The first-order chi connectivity index (χ1) is 34.9. The van der Waals surface area contributed by atoms with E-state index in [2.05, 4.69) is 265 Å². The van der Waals surface area contributed by atoms with Gasteiger partial charge in [0.25, 0.3) is 0 Å². The molecular formula is C67H50N4. The molecular weight excluding hydrogens is 861 g/mol. The van der Waals surface area contributed by atoms with Crippen molar-refractivity contribution < 1.29 is 0 Å². The molecule has 1 atom stereocenters. The van der Waals surface area contributed by atoms with Crippen molar-refractivity contribution in [2.75, 3.05) is 4.90 Å². The number of rotatable bonds is 7. The van der Waals surface area contributed by atoms with Crippen LogP contribution in [0.1, 0.15) is 42.5 Å². The van der Waals surface area contributed by atoms with Crippen LogP contribution >= 0.6 is 0 Å². The van der Waals surface area contributed by atoms with Crippen molar-refractivity contribution in [2.45, 2.75) is 38.6 Å². The molecule has 4 nitrogen and oxygen atoms in total. The normalized spacial score (nSPS) is 14.9. The van der Waals surface area contributed by atoms with Gasteiger partial charge in [-0.15, -0.1) is 0 Å². The highest BCUT2D eigenvalue weighted by molar-refractivity contribution is 6.10. The van der Waals surface area contributed by atoms with Crippen LogP contribution in [0.15, 0.2) is 231 Å². The zero-order valence-electron chi connectivity index (χ0n) is 40.0. The van der Waals surface area contributed by atoms with E-state index in [9.17, 15) is 0 Å². The summed E-state index contributed by atoms with van der Waals surface area (Å²) in [4.78, 5) is 2.55. The summed E-state index contributed by atoms with van der Waals surface area (Å²) < 4.78 is 4.56. The quantitative estimate of drug-likeness (QED) is 0.159. The molecule has 0 aliphatic heterocycles. The van der Waals surface area contributed by atoms with Crippen molar-refractivity contribution in [2.24, 2.45) is 0 Å². The lowest BCUT2D eigenvalue weighted by Crippen LogP contribution is -2.30. The van der Waals surface area contributed by atoms with Gasteiger partial charge in [-0.05, 0) is 130 Å². The molecule has 0 saturated heterocycles. The van der Waals surface area contributed by atoms with Gasteiger partial charge in [-0.3, -0.25) is 0 Å². The molecule has 2 aliphatic carbocycles. The number of anilines is 2. The largest absolute Gasteiger partial charge is 0.334 e. The summed E-state index contributed by atoms with van der Waals surface area (Å²) in [6.45, 7) is 6.97. The molecule has 0 spiro atoms. The van der Waals surface area contributed by atoms with E-state index in [0.29, 0.717) is 0 Å². The number of fused-ring (bicyclic) bond motifs is 10. The molecule has 3 aromatic heterocycles. The lowest BCUT2D eigenvalue weighted by Gasteiger charge is -2.34. The van der Waals surface area contributed by atoms with Crippen LogP contribution in [0.4, 0.5) is 11.4 Å². The van der Waals surface area contributed by atoms with Crippen molar-refractivity contribution in [3.05, 3.63) is 253 Å². The van der Waals surface area contributed by atoms with E-state index >= 15 is 0 Å². The van der Waals surface area contributed by atoms with Crippen LogP contribution in [0.25, 0.3) is 93.8 Å². The summed E-state index contributed by atoms with van der Waals surface area (Å²) in [7, 11) is 0. The third kappa shape index (κ3) is 6.48. The molecule has 338 valence electrons. The van der Waals surface area contributed by atoms with Gasteiger partial charge in [-0.1, -0.05) is 178 Å². The molecule has 0 radical (unpaired) electrons. The fourth-order valence-corrected chi connectivity index (χ4v) is 12.0. The first kappa shape index (κ1) is 41.3. The highest BCUT2D eigenvalue weighted by Crippen LogP contribution is 2.50. The second-order valence-electron chi connectivity index (χ2n) is 20.0. The highest BCUT2D eigenvalue weighted by atomic mass is 15.2. The topological polar surface area (TPSA) is 25.5 Å². The molecule has 14 rings (SSSR count). The van der Waals surface area contributed by atoms with Gasteiger partial charge in [0, 0.05) is 55.3 Å². The Labute approximate surface area is 413 Å². The minimum Gasteiger partial charge on any atom is -0.334 e. The number of hydrogen-bond donors (Lipinski definition) is 0. The fourth-order valence-electron chi connectivity index (χ4n) is 12.0. The fraction of sp³-hybridized carbons (Fsp3) is 0.0896. The molecule has 2 aliphatic rings. The van der Waals surface area contributed by atoms with Crippen LogP contribution in [0, 0.1) is 6.92 Å². The van der Waals surface area contributed by atoms with Gasteiger partial charge in [0.2, 0.25) is 0 Å². The smallest absolute Gasteiger partial charge is 0.0963 e. The summed E-state index contributed by atoms with van der Waals surface area (Å²) in [6.07, 6.45) is 8.06. The van der Waals surface area contributed by atoms with Gasteiger partial charge in [0.15, 0.2) is 0 Å². The number of para-hydroxylation sites is 2. The van der Waals surface area contributed by atoms with Crippen molar-refractivity contribution in [1.82, 2.24) is 14.2 Å². The van der Waals surface area contributed by atoms with E-state index in [4.69, 9.17) is 5.10 Å².